The molecule has 1 amide bonds. The minimum Gasteiger partial charge on any atom is -0.394 e. The summed E-state index contributed by atoms with van der Waals surface area (Å²) < 4.78 is 0. The standard InChI is InChI=1S/C8H17NO3/c1-3-4-8(12)7(5-10)9-6(2)11/h7-8,10,12H,3-5H2,1-2H3,(H,9,11)/t7-,8+/m0/s1. The van der Waals surface area contributed by atoms with E-state index in [4.69, 9.17) is 5.11 Å². The van der Waals surface area contributed by atoms with E-state index in [1.807, 2.05) is 6.92 Å². The maximum Gasteiger partial charge on any atom is 0.217 e. The van der Waals surface area contributed by atoms with Crippen molar-refractivity contribution in [1.29, 1.82) is 0 Å². The van der Waals surface area contributed by atoms with E-state index in [0.717, 1.165) is 6.42 Å². The van der Waals surface area contributed by atoms with Crippen LogP contribution in [0, 0.1) is 0 Å². The summed E-state index contributed by atoms with van der Waals surface area (Å²) in [7, 11) is 0. The average molecular weight is 175 g/mol. The topological polar surface area (TPSA) is 69.6 Å². The summed E-state index contributed by atoms with van der Waals surface area (Å²) in [5, 5.41) is 20.7. The number of hydrogen-bond donors (Lipinski definition) is 3. The molecule has 0 unspecified atom stereocenters. The Bertz CT molecular complexity index is 138. The summed E-state index contributed by atoms with van der Waals surface area (Å²) in [6.07, 6.45) is 0.770. The van der Waals surface area contributed by atoms with Crippen LogP contribution < -0.4 is 5.32 Å². The Hall–Kier alpha value is -0.610. The summed E-state index contributed by atoms with van der Waals surface area (Å²) in [4.78, 5) is 10.6. The van der Waals surface area contributed by atoms with E-state index in [1.165, 1.54) is 6.92 Å². The van der Waals surface area contributed by atoms with Gasteiger partial charge in [-0.15, -0.1) is 0 Å². The van der Waals surface area contributed by atoms with Gasteiger partial charge in [0.2, 0.25) is 5.91 Å². The molecule has 0 aromatic heterocycles. The normalized spacial score (nSPS) is 15.3. The molecule has 0 aromatic carbocycles. The Labute approximate surface area is 72.6 Å². The minimum absolute atomic E-state index is 0.221. The Morgan fingerprint density at radius 1 is 1.58 bits per heavy atom. The molecule has 0 rings (SSSR count). The molecule has 0 spiro atoms. The van der Waals surface area contributed by atoms with Crippen molar-refractivity contribution in [3.63, 3.8) is 0 Å². The van der Waals surface area contributed by atoms with E-state index in [2.05, 4.69) is 5.32 Å². The third-order valence-corrected chi connectivity index (χ3v) is 1.63. The molecule has 0 aliphatic carbocycles. The van der Waals surface area contributed by atoms with Gasteiger partial charge in [0.25, 0.3) is 0 Å². The lowest BCUT2D eigenvalue weighted by atomic mass is 10.1. The zero-order valence-corrected chi connectivity index (χ0v) is 7.58. The minimum atomic E-state index is -0.649. The Kier molecular flexibility index (Phi) is 5.66. The highest BCUT2D eigenvalue weighted by molar-refractivity contribution is 5.73. The molecule has 0 aliphatic heterocycles. The van der Waals surface area contributed by atoms with Crippen molar-refractivity contribution >= 4 is 5.91 Å². The first-order chi connectivity index (χ1) is 5.61. The lowest BCUT2D eigenvalue weighted by Crippen LogP contribution is -2.44. The number of carbonyl (C=O) groups is 1. The molecule has 72 valence electrons. The van der Waals surface area contributed by atoms with Crippen LogP contribution in [0.3, 0.4) is 0 Å². The largest absolute Gasteiger partial charge is 0.394 e. The summed E-state index contributed by atoms with van der Waals surface area (Å²) in [5.74, 6) is -0.232. The van der Waals surface area contributed by atoms with Gasteiger partial charge in [-0.25, -0.2) is 0 Å². The van der Waals surface area contributed by atoms with Gasteiger partial charge < -0.3 is 15.5 Å². The van der Waals surface area contributed by atoms with E-state index in [9.17, 15) is 9.90 Å². The van der Waals surface area contributed by atoms with Crippen molar-refractivity contribution in [3.8, 4) is 0 Å². The number of aliphatic hydroxyl groups excluding tert-OH is 2. The zero-order valence-electron chi connectivity index (χ0n) is 7.58. The molecule has 0 saturated carbocycles. The van der Waals surface area contributed by atoms with Crippen LogP contribution in [0.1, 0.15) is 26.7 Å². The van der Waals surface area contributed by atoms with Gasteiger partial charge in [0, 0.05) is 6.92 Å². The molecule has 12 heavy (non-hydrogen) atoms. The van der Waals surface area contributed by atoms with Crippen LogP contribution in [-0.4, -0.2) is 34.9 Å². The molecule has 4 nitrogen and oxygen atoms in total. The van der Waals surface area contributed by atoms with Gasteiger partial charge in [0.15, 0.2) is 0 Å². The van der Waals surface area contributed by atoms with Crippen molar-refractivity contribution < 1.29 is 15.0 Å². The summed E-state index contributed by atoms with van der Waals surface area (Å²) in [6, 6.07) is -0.526. The third kappa shape index (κ3) is 4.31. The van der Waals surface area contributed by atoms with E-state index in [1.54, 1.807) is 0 Å². The quantitative estimate of drug-likeness (QED) is 0.534. The first-order valence-corrected chi connectivity index (χ1v) is 4.17. The highest BCUT2D eigenvalue weighted by Crippen LogP contribution is 2.01. The SMILES string of the molecule is CCC[C@@H](O)[C@H](CO)NC(C)=O. The van der Waals surface area contributed by atoms with Crippen LogP contribution in [0.4, 0.5) is 0 Å². The number of rotatable bonds is 5. The number of amides is 1. The molecule has 0 radical (unpaired) electrons. The number of hydrogen-bond acceptors (Lipinski definition) is 3. The molecule has 4 heteroatoms. The zero-order chi connectivity index (χ0) is 9.56. The predicted molar refractivity (Wildman–Crippen MR) is 45.6 cm³/mol. The molecule has 3 N–H and O–H groups in total. The Morgan fingerprint density at radius 3 is 2.50 bits per heavy atom. The molecule has 0 fully saturated rings. The number of carbonyl (C=O) groups excluding carboxylic acids is 1. The van der Waals surface area contributed by atoms with Crippen molar-refractivity contribution in [2.75, 3.05) is 6.61 Å². The lowest BCUT2D eigenvalue weighted by molar-refractivity contribution is -0.121. The lowest BCUT2D eigenvalue weighted by Gasteiger charge is -2.20. The maximum absolute atomic E-state index is 10.6. The van der Waals surface area contributed by atoms with Crippen LogP contribution in [0.15, 0.2) is 0 Å². The van der Waals surface area contributed by atoms with E-state index < -0.39 is 12.1 Å². The average Bonchev–Trinajstić information content (AvgIpc) is 2.00. The fourth-order valence-electron chi connectivity index (χ4n) is 1.02. The van der Waals surface area contributed by atoms with Crippen LogP contribution in [0.25, 0.3) is 0 Å². The van der Waals surface area contributed by atoms with Crippen LogP contribution >= 0.6 is 0 Å². The van der Waals surface area contributed by atoms with E-state index >= 15 is 0 Å². The molecule has 0 bridgehead atoms. The van der Waals surface area contributed by atoms with Crippen LogP contribution in [0.2, 0.25) is 0 Å². The van der Waals surface area contributed by atoms with Gasteiger partial charge in [-0.05, 0) is 6.42 Å². The van der Waals surface area contributed by atoms with Crippen molar-refractivity contribution in [2.24, 2.45) is 0 Å². The Balaban J connectivity index is 3.86. The molecule has 0 aromatic rings. The second kappa shape index (κ2) is 5.97. The highest BCUT2D eigenvalue weighted by atomic mass is 16.3. The third-order valence-electron chi connectivity index (χ3n) is 1.63. The van der Waals surface area contributed by atoms with Gasteiger partial charge in [0.05, 0.1) is 18.8 Å². The first kappa shape index (κ1) is 11.4. The highest BCUT2D eigenvalue weighted by Gasteiger charge is 2.17. The van der Waals surface area contributed by atoms with Gasteiger partial charge in [-0.1, -0.05) is 13.3 Å². The van der Waals surface area contributed by atoms with Gasteiger partial charge >= 0.3 is 0 Å². The van der Waals surface area contributed by atoms with E-state index in [0.29, 0.717) is 6.42 Å². The smallest absolute Gasteiger partial charge is 0.217 e. The Morgan fingerprint density at radius 2 is 2.17 bits per heavy atom. The predicted octanol–water partition coefficient (Wildman–Crippen LogP) is -0.356. The number of nitrogens with one attached hydrogen (secondary N) is 1. The summed E-state index contributed by atoms with van der Waals surface area (Å²) >= 11 is 0. The van der Waals surface area contributed by atoms with Gasteiger partial charge in [-0.3, -0.25) is 4.79 Å². The molecule has 0 aliphatic rings. The fraction of sp³-hybridized carbons (Fsp3) is 0.875. The maximum atomic E-state index is 10.6. The summed E-state index contributed by atoms with van der Waals surface area (Å²) in [6.45, 7) is 3.08. The monoisotopic (exact) mass is 175 g/mol. The van der Waals surface area contributed by atoms with Crippen LogP contribution in [0.5, 0.6) is 0 Å². The van der Waals surface area contributed by atoms with Gasteiger partial charge in [0.1, 0.15) is 0 Å². The van der Waals surface area contributed by atoms with Crippen molar-refractivity contribution in [2.45, 2.75) is 38.8 Å². The van der Waals surface area contributed by atoms with E-state index in [-0.39, 0.29) is 12.5 Å². The summed E-state index contributed by atoms with van der Waals surface area (Å²) in [5.41, 5.74) is 0. The molecule has 0 heterocycles. The molecular weight excluding hydrogens is 158 g/mol. The second-order valence-corrected chi connectivity index (χ2v) is 2.85. The second-order valence-electron chi connectivity index (χ2n) is 2.85. The number of aliphatic hydroxyl groups is 2. The van der Waals surface area contributed by atoms with Crippen LogP contribution in [-0.2, 0) is 4.79 Å². The fourth-order valence-corrected chi connectivity index (χ4v) is 1.02. The molecule has 0 saturated heterocycles. The van der Waals surface area contributed by atoms with Crippen molar-refractivity contribution in [3.05, 3.63) is 0 Å². The van der Waals surface area contributed by atoms with Gasteiger partial charge in [-0.2, -0.15) is 0 Å². The molecule has 2 atom stereocenters. The van der Waals surface area contributed by atoms with Crippen molar-refractivity contribution in [1.82, 2.24) is 5.32 Å². The first-order valence-electron chi connectivity index (χ1n) is 4.17. The molecular formula is C8H17NO3.